The number of benzene rings is 2. The lowest BCUT2D eigenvalue weighted by atomic mass is 9.71. The summed E-state index contributed by atoms with van der Waals surface area (Å²) in [5.74, 6) is -3.19. The number of aromatic hydroxyl groups is 2. The maximum atomic E-state index is 13.8. The molecular formula is C33H42N2O12. The van der Waals surface area contributed by atoms with Crippen molar-refractivity contribution in [2.45, 2.75) is 94.8 Å². The molecule has 0 aromatic heterocycles. The standard InChI is InChI=1S/C33H42N2O12/c1-13(2)8-17(34)32(43)35-18-9-22(46-14(3)27(18)38)47-20-11-33(44,21(37)12-36)10-16-24(20)31(42)26-25(29(16)40)28(39)15-6-5-7-19(45-4)23(15)30(26)41/h5-7,13-14,17-18,20-22,27,36-38,40,42,44H,8-12,34H2,1-4H3,(H,35,43)/t14-,17-,18-,20-,21?,22-,27+,33-/m0/s1. The second-order valence-electron chi connectivity index (χ2n) is 13.0. The number of aliphatic hydroxyl groups is 4. The van der Waals surface area contributed by atoms with E-state index < -0.39 is 108 Å². The Bertz CT molecular complexity index is 1580. The molecule has 2 aromatic rings. The fourth-order valence-electron chi connectivity index (χ4n) is 6.86. The first-order valence-corrected chi connectivity index (χ1v) is 15.6. The summed E-state index contributed by atoms with van der Waals surface area (Å²) in [4.78, 5) is 40.3. The van der Waals surface area contributed by atoms with E-state index in [-0.39, 0.29) is 40.3 Å². The van der Waals surface area contributed by atoms with Crippen LogP contribution in [0.4, 0.5) is 0 Å². The molecule has 0 spiro atoms. The highest BCUT2D eigenvalue weighted by molar-refractivity contribution is 6.31. The SMILES string of the molecule is COc1cccc2c1C(=O)c1c(O)c3c(c(O)c1C2=O)C[C@@](O)(C(O)CO)C[C@@H]3O[C@H]1C[C@H](NC(=O)[C@@H](N)CC(C)C)[C@H](O)[C@H](C)O1. The number of nitrogens with two attached hydrogens (primary N) is 1. The van der Waals surface area contributed by atoms with Gasteiger partial charge in [-0.3, -0.25) is 14.4 Å². The summed E-state index contributed by atoms with van der Waals surface area (Å²) in [6.45, 7) is 4.53. The van der Waals surface area contributed by atoms with Gasteiger partial charge in [-0.05, 0) is 25.3 Å². The lowest BCUT2D eigenvalue weighted by Gasteiger charge is -2.44. The van der Waals surface area contributed by atoms with E-state index in [0.29, 0.717) is 6.42 Å². The molecule has 1 amide bonds. The number of fused-ring (bicyclic) bond motifs is 3. The Hall–Kier alpha value is -3.63. The second kappa shape index (κ2) is 13.1. The molecule has 0 saturated carbocycles. The molecule has 14 heteroatoms. The summed E-state index contributed by atoms with van der Waals surface area (Å²) in [7, 11) is 1.32. The number of carbonyl (C=O) groups is 3. The summed E-state index contributed by atoms with van der Waals surface area (Å²) >= 11 is 0. The van der Waals surface area contributed by atoms with Crippen LogP contribution in [0.3, 0.4) is 0 Å². The molecule has 1 unspecified atom stereocenters. The van der Waals surface area contributed by atoms with Gasteiger partial charge in [-0.15, -0.1) is 0 Å². The minimum atomic E-state index is -2.12. The first kappa shape index (κ1) is 34.7. The Morgan fingerprint density at radius 1 is 1.15 bits per heavy atom. The molecule has 8 atom stereocenters. The quantitative estimate of drug-likeness (QED) is 0.145. The van der Waals surface area contributed by atoms with Crippen molar-refractivity contribution < 1.29 is 59.2 Å². The second-order valence-corrected chi connectivity index (χ2v) is 13.0. The molecule has 1 heterocycles. The van der Waals surface area contributed by atoms with Crippen LogP contribution >= 0.6 is 0 Å². The van der Waals surface area contributed by atoms with Crippen molar-refractivity contribution in [3.63, 3.8) is 0 Å². The van der Waals surface area contributed by atoms with Gasteiger partial charge in [0.15, 0.2) is 12.1 Å². The van der Waals surface area contributed by atoms with E-state index in [1.165, 1.54) is 25.3 Å². The highest BCUT2D eigenvalue weighted by atomic mass is 16.7. The number of rotatable bonds is 9. The number of ether oxygens (including phenoxy) is 3. The molecule has 0 bridgehead atoms. The molecule has 2 aromatic carbocycles. The van der Waals surface area contributed by atoms with Crippen LogP contribution < -0.4 is 15.8 Å². The van der Waals surface area contributed by atoms with Crippen molar-refractivity contribution in [1.29, 1.82) is 0 Å². The van der Waals surface area contributed by atoms with Gasteiger partial charge in [0.1, 0.15) is 29.5 Å². The number of hydrogen-bond donors (Lipinski definition) is 8. The number of amides is 1. The van der Waals surface area contributed by atoms with Crippen LogP contribution in [0.5, 0.6) is 17.2 Å². The molecule has 0 radical (unpaired) electrons. The molecule has 3 aliphatic rings. The summed E-state index contributed by atoms with van der Waals surface area (Å²) in [6, 6.07) is 2.67. The van der Waals surface area contributed by atoms with Gasteiger partial charge >= 0.3 is 0 Å². The van der Waals surface area contributed by atoms with Gasteiger partial charge in [0.05, 0.1) is 60.3 Å². The average molecular weight is 659 g/mol. The zero-order valence-corrected chi connectivity index (χ0v) is 26.6. The lowest BCUT2D eigenvalue weighted by Crippen LogP contribution is -2.58. The van der Waals surface area contributed by atoms with E-state index >= 15 is 0 Å². The normalized spacial score (nSPS) is 28.3. The number of phenolic OH excluding ortho intramolecular Hbond substituents is 2. The molecule has 47 heavy (non-hydrogen) atoms. The predicted molar refractivity (Wildman–Crippen MR) is 164 cm³/mol. The van der Waals surface area contributed by atoms with E-state index in [1.807, 2.05) is 13.8 Å². The maximum absolute atomic E-state index is 13.8. The van der Waals surface area contributed by atoms with Crippen LogP contribution in [0.25, 0.3) is 0 Å². The Kier molecular flexibility index (Phi) is 9.68. The van der Waals surface area contributed by atoms with Crippen molar-refractivity contribution in [3.8, 4) is 17.2 Å². The zero-order chi connectivity index (χ0) is 34.5. The minimum Gasteiger partial charge on any atom is -0.507 e. The maximum Gasteiger partial charge on any atom is 0.237 e. The highest BCUT2D eigenvalue weighted by Crippen LogP contribution is 2.53. The smallest absolute Gasteiger partial charge is 0.237 e. The van der Waals surface area contributed by atoms with E-state index in [9.17, 15) is 45.0 Å². The molecule has 1 fully saturated rings. The zero-order valence-electron chi connectivity index (χ0n) is 26.6. The topological polar surface area (TPSA) is 238 Å². The molecule has 1 saturated heterocycles. The molecule has 9 N–H and O–H groups in total. The fourth-order valence-corrected chi connectivity index (χ4v) is 6.86. The van der Waals surface area contributed by atoms with Gasteiger partial charge in [-0.25, -0.2) is 0 Å². The van der Waals surface area contributed by atoms with Crippen LogP contribution in [0.1, 0.15) is 89.1 Å². The summed E-state index contributed by atoms with van der Waals surface area (Å²) in [6.07, 6.45) is -6.94. The van der Waals surface area contributed by atoms with Crippen LogP contribution in [0, 0.1) is 5.92 Å². The number of phenols is 2. The number of ketones is 2. The van der Waals surface area contributed by atoms with Gasteiger partial charge in [-0.1, -0.05) is 26.0 Å². The van der Waals surface area contributed by atoms with Crippen molar-refractivity contribution in [3.05, 3.63) is 51.6 Å². The van der Waals surface area contributed by atoms with Crippen molar-refractivity contribution in [2.75, 3.05) is 13.7 Å². The van der Waals surface area contributed by atoms with Gasteiger partial charge in [-0.2, -0.15) is 0 Å². The molecule has 1 aliphatic heterocycles. The third-order valence-corrected chi connectivity index (χ3v) is 9.31. The molecule has 2 aliphatic carbocycles. The van der Waals surface area contributed by atoms with Crippen molar-refractivity contribution >= 4 is 17.5 Å². The third kappa shape index (κ3) is 6.10. The van der Waals surface area contributed by atoms with Crippen LogP contribution in [0.15, 0.2) is 18.2 Å². The highest BCUT2D eigenvalue weighted by Gasteiger charge is 2.50. The van der Waals surface area contributed by atoms with Crippen LogP contribution in [-0.4, -0.2) is 104 Å². The number of aliphatic hydroxyl groups excluding tert-OH is 3. The van der Waals surface area contributed by atoms with Gasteiger partial charge in [0.25, 0.3) is 0 Å². The molecule has 5 rings (SSSR count). The summed E-state index contributed by atoms with van der Waals surface area (Å²) in [5, 5.41) is 68.8. The fraction of sp³-hybridized carbons (Fsp3) is 0.545. The first-order valence-electron chi connectivity index (χ1n) is 15.6. The van der Waals surface area contributed by atoms with Gasteiger partial charge in [0, 0.05) is 36.0 Å². The Balaban J connectivity index is 1.56. The van der Waals surface area contributed by atoms with Crippen LogP contribution in [-0.2, 0) is 20.7 Å². The minimum absolute atomic E-state index is 0.0601. The molecular weight excluding hydrogens is 616 g/mol. The van der Waals surface area contributed by atoms with Crippen LogP contribution in [0.2, 0.25) is 0 Å². The Morgan fingerprint density at radius 2 is 1.83 bits per heavy atom. The number of methoxy groups -OCH3 is 1. The molecule has 256 valence electrons. The summed E-state index contributed by atoms with van der Waals surface area (Å²) in [5.41, 5.74) is 2.49. The van der Waals surface area contributed by atoms with Crippen molar-refractivity contribution in [1.82, 2.24) is 5.32 Å². The largest absolute Gasteiger partial charge is 0.507 e. The predicted octanol–water partition coefficient (Wildman–Crippen LogP) is 0.324. The van der Waals surface area contributed by atoms with Crippen molar-refractivity contribution in [2.24, 2.45) is 11.7 Å². The first-order chi connectivity index (χ1) is 22.1. The lowest BCUT2D eigenvalue weighted by molar-refractivity contribution is -0.253. The Labute approximate surface area is 271 Å². The van der Waals surface area contributed by atoms with E-state index in [1.54, 1.807) is 6.92 Å². The number of nitrogens with one attached hydrogen (secondary N) is 1. The van der Waals surface area contributed by atoms with E-state index in [0.717, 1.165) is 0 Å². The number of carbonyl (C=O) groups excluding carboxylic acids is 3. The number of hydrogen-bond acceptors (Lipinski definition) is 13. The monoisotopic (exact) mass is 658 g/mol. The third-order valence-electron chi connectivity index (χ3n) is 9.31. The summed E-state index contributed by atoms with van der Waals surface area (Å²) < 4.78 is 17.4. The van der Waals surface area contributed by atoms with E-state index in [2.05, 4.69) is 5.32 Å². The average Bonchev–Trinajstić information content (AvgIpc) is 3.02. The van der Waals surface area contributed by atoms with E-state index in [4.69, 9.17) is 19.9 Å². The molecule has 14 nitrogen and oxygen atoms in total. The van der Waals surface area contributed by atoms with Gasteiger partial charge in [0.2, 0.25) is 11.7 Å². The van der Waals surface area contributed by atoms with Gasteiger partial charge < -0.3 is 55.9 Å². The Morgan fingerprint density at radius 3 is 2.47 bits per heavy atom.